The van der Waals surface area contributed by atoms with Crippen LogP contribution in [0.5, 0.6) is 5.75 Å². The summed E-state index contributed by atoms with van der Waals surface area (Å²) in [6.45, 7) is 14.3. The Kier molecular flexibility index (Phi) is 9.11. The summed E-state index contributed by atoms with van der Waals surface area (Å²) >= 11 is 0. The fourth-order valence-electron chi connectivity index (χ4n) is 5.58. The molecule has 1 aromatic carbocycles. The van der Waals surface area contributed by atoms with Crippen molar-refractivity contribution >= 4 is 8.32 Å². The number of rotatable bonds is 7. The van der Waals surface area contributed by atoms with Crippen LogP contribution in [0.2, 0.25) is 18.1 Å². The lowest BCUT2D eigenvalue weighted by molar-refractivity contribution is -0.271. The second-order valence-corrected chi connectivity index (χ2v) is 17.4. The van der Waals surface area contributed by atoms with E-state index in [2.05, 4.69) is 40.8 Å². The van der Waals surface area contributed by atoms with E-state index in [0.717, 1.165) is 43.4 Å². The van der Waals surface area contributed by atoms with Crippen LogP contribution in [0, 0.1) is 0 Å². The van der Waals surface area contributed by atoms with Crippen molar-refractivity contribution in [2.24, 2.45) is 0 Å². The zero-order valence-electron chi connectivity index (χ0n) is 23.8. The van der Waals surface area contributed by atoms with Gasteiger partial charge >= 0.3 is 0 Å². The Balaban J connectivity index is 1.47. The molecule has 0 bridgehead atoms. The molecule has 210 valence electrons. The van der Waals surface area contributed by atoms with Gasteiger partial charge in [-0.3, -0.25) is 0 Å². The molecule has 4 rings (SSSR count). The molecule has 3 aliphatic rings. The van der Waals surface area contributed by atoms with Gasteiger partial charge in [-0.25, -0.2) is 0 Å². The van der Waals surface area contributed by atoms with Gasteiger partial charge in [-0.05, 0) is 75.7 Å². The lowest BCUT2D eigenvalue weighted by Crippen LogP contribution is -2.54. The molecule has 0 unspecified atom stereocenters. The van der Waals surface area contributed by atoms with Crippen LogP contribution < -0.4 is 4.74 Å². The Labute approximate surface area is 224 Å². The third kappa shape index (κ3) is 6.60. The van der Waals surface area contributed by atoms with Crippen molar-refractivity contribution < 1.29 is 33.2 Å². The smallest absolute Gasteiger partial charge is 0.192 e. The second-order valence-electron chi connectivity index (χ2n) is 12.6. The van der Waals surface area contributed by atoms with Gasteiger partial charge in [0, 0.05) is 12.2 Å². The van der Waals surface area contributed by atoms with E-state index >= 15 is 0 Å². The molecule has 0 spiro atoms. The molecule has 3 aliphatic heterocycles. The summed E-state index contributed by atoms with van der Waals surface area (Å²) in [5.41, 5.74) is 0.572. The van der Waals surface area contributed by atoms with Crippen LogP contribution in [0.3, 0.4) is 0 Å². The first-order chi connectivity index (χ1) is 17.5. The zero-order valence-corrected chi connectivity index (χ0v) is 24.8. The number of methoxy groups -OCH3 is 1. The summed E-state index contributed by atoms with van der Waals surface area (Å²) < 4.78 is 38.4. The molecular weight excluding hydrogens is 488 g/mol. The Morgan fingerprint density at radius 2 is 1.62 bits per heavy atom. The number of aliphatic hydroxyl groups is 1. The van der Waals surface area contributed by atoms with Crippen molar-refractivity contribution in [3.8, 4) is 5.75 Å². The quantitative estimate of drug-likeness (QED) is 0.444. The molecule has 8 heteroatoms. The predicted octanol–water partition coefficient (Wildman–Crippen LogP) is 5.76. The van der Waals surface area contributed by atoms with Crippen LogP contribution in [0.25, 0.3) is 0 Å². The molecule has 7 atom stereocenters. The first kappa shape index (κ1) is 29.0. The van der Waals surface area contributed by atoms with E-state index in [9.17, 15) is 5.11 Å². The summed E-state index contributed by atoms with van der Waals surface area (Å²) in [5.74, 6) is 0.813. The van der Waals surface area contributed by atoms with Crippen molar-refractivity contribution in [2.45, 2.75) is 127 Å². The summed E-state index contributed by atoms with van der Waals surface area (Å²) in [4.78, 5) is 0. The third-order valence-electron chi connectivity index (χ3n) is 8.88. The molecule has 37 heavy (non-hydrogen) atoms. The third-order valence-corrected chi connectivity index (χ3v) is 13.5. The summed E-state index contributed by atoms with van der Waals surface area (Å²) in [7, 11) is -0.369. The molecule has 1 aromatic rings. The lowest BCUT2D eigenvalue weighted by atomic mass is 9.90. The molecule has 3 heterocycles. The Morgan fingerprint density at radius 1 is 0.973 bits per heavy atom. The van der Waals surface area contributed by atoms with Gasteiger partial charge in [-0.2, -0.15) is 0 Å². The van der Waals surface area contributed by atoms with Crippen molar-refractivity contribution in [2.75, 3.05) is 20.3 Å². The van der Waals surface area contributed by atoms with Crippen LogP contribution in [0.15, 0.2) is 24.3 Å². The second kappa shape index (κ2) is 11.6. The van der Waals surface area contributed by atoms with Crippen LogP contribution in [0.1, 0.15) is 78.1 Å². The first-order valence-electron chi connectivity index (χ1n) is 14.0. The molecule has 0 amide bonds. The topological polar surface area (TPSA) is 75.6 Å². The van der Waals surface area contributed by atoms with E-state index in [0.29, 0.717) is 13.0 Å². The molecule has 0 aliphatic carbocycles. The average molecular weight is 537 g/mol. The van der Waals surface area contributed by atoms with E-state index in [1.807, 2.05) is 24.3 Å². The SMILES string of the molecule is COc1ccc([C@H]2OC[C@@H]3O[C@@H]4CC[C@](C)(O[Si](C)(C)C(C)(C)C)[C@@H](CCCO)O[C@H]4CC[C@H]3O2)cc1. The molecule has 3 saturated heterocycles. The van der Waals surface area contributed by atoms with Gasteiger partial charge in [0.05, 0.1) is 43.7 Å². The maximum absolute atomic E-state index is 9.62. The summed E-state index contributed by atoms with van der Waals surface area (Å²) in [5, 5.41) is 9.72. The largest absolute Gasteiger partial charge is 0.497 e. The van der Waals surface area contributed by atoms with Crippen molar-refractivity contribution in [1.82, 2.24) is 0 Å². The summed E-state index contributed by atoms with van der Waals surface area (Å²) in [6.07, 6.45) is 4.24. The Bertz CT molecular complexity index is 870. The van der Waals surface area contributed by atoms with E-state index < -0.39 is 20.2 Å². The van der Waals surface area contributed by atoms with Gasteiger partial charge in [0.1, 0.15) is 11.9 Å². The minimum absolute atomic E-state index is 0.0258. The van der Waals surface area contributed by atoms with Crippen molar-refractivity contribution in [1.29, 1.82) is 0 Å². The highest BCUT2D eigenvalue weighted by molar-refractivity contribution is 6.74. The maximum atomic E-state index is 9.62. The molecule has 1 N–H and O–H groups in total. The standard InChI is InChI=1S/C29H48O7Si/c1-28(2,3)37(6,7)36-29(4)17-16-24-22(34-26(29)9-8-18-30)14-15-23-25(33-24)19-32-27(35-23)20-10-12-21(31-5)13-11-20/h10-13,22-27,30H,8-9,14-19H2,1-7H3/t22-,23+,24+,25-,26+,27-,29-/m0/s1. The highest BCUT2D eigenvalue weighted by Gasteiger charge is 2.50. The maximum Gasteiger partial charge on any atom is 0.192 e. The molecule has 3 fully saturated rings. The van der Waals surface area contributed by atoms with Crippen LogP contribution in [-0.2, 0) is 23.4 Å². The van der Waals surface area contributed by atoms with Gasteiger partial charge in [-0.1, -0.05) is 32.9 Å². The van der Waals surface area contributed by atoms with Gasteiger partial charge in [0.25, 0.3) is 0 Å². The number of ether oxygens (including phenoxy) is 5. The van der Waals surface area contributed by atoms with E-state index in [-0.39, 0.29) is 42.2 Å². The molecular formula is C29H48O7Si. The minimum atomic E-state index is -2.03. The molecule has 0 radical (unpaired) electrons. The number of fused-ring (bicyclic) bond motifs is 2. The fraction of sp³-hybridized carbons (Fsp3) is 0.793. The van der Waals surface area contributed by atoms with Crippen molar-refractivity contribution in [3.63, 3.8) is 0 Å². The van der Waals surface area contributed by atoms with Gasteiger partial charge in [0.2, 0.25) is 0 Å². The fourth-order valence-corrected chi connectivity index (χ4v) is 7.28. The Hall–Kier alpha value is -1.00. The molecule has 0 saturated carbocycles. The predicted molar refractivity (Wildman–Crippen MR) is 145 cm³/mol. The minimum Gasteiger partial charge on any atom is -0.497 e. The van der Waals surface area contributed by atoms with Gasteiger partial charge in [-0.15, -0.1) is 0 Å². The normalized spacial score (nSPS) is 35.1. The number of hydrogen-bond acceptors (Lipinski definition) is 7. The number of benzene rings is 1. The number of aliphatic hydroxyl groups excluding tert-OH is 1. The van der Waals surface area contributed by atoms with Crippen molar-refractivity contribution in [3.05, 3.63) is 29.8 Å². The Morgan fingerprint density at radius 3 is 2.24 bits per heavy atom. The van der Waals surface area contributed by atoms with Crippen LogP contribution in [0.4, 0.5) is 0 Å². The molecule has 7 nitrogen and oxygen atoms in total. The highest BCUT2D eigenvalue weighted by atomic mass is 28.4. The molecule has 0 aromatic heterocycles. The van der Waals surface area contributed by atoms with E-state index in [1.54, 1.807) is 7.11 Å². The monoisotopic (exact) mass is 536 g/mol. The van der Waals surface area contributed by atoms with Gasteiger partial charge in [0.15, 0.2) is 14.6 Å². The average Bonchev–Trinajstić information content (AvgIpc) is 3.09. The zero-order chi connectivity index (χ0) is 26.8. The highest BCUT2D eigenvalue weighted by Crippen LogP contribution is 2.45. The van der Waals surface area contributed by atoms with Crippen LogP contribution >= 0.6 is 0 Å². The first-order valence-corrected chi connectivity index (χ1v) is 16.9. The van der Waals surface area contributed by atoms with E-state index in [4.69, 9.17) is 28.1 Å². The number of hydrogen-bond donors (Lipinski definition) is 1. The summed E-state index contributed by atoms with van der Waals surface area (Å²) in [6, 6.07) is 7.84. The van der Waals surface area contributed by atoms with E-state index in [1.165, 1.54) is 0 Å². The lowest BCUT2D eigenvalue weighted by Gasteiger charge is -2.47. The van der Waals surface area contributed by atoms with Gasteiger partial charge < -0.3 is 33.2 Å². The van der Waals surface area contributed by atoms with Crippen LogP contribution in [-0.4, -0.2) is 69.9 Å².